The van der Waals surface area contributed by atoms with Crippen LogP contribution >= 0.6 is 0 Å². The number of carbonyl (C=O) groups is 3. The molecule has 0 spiro atoms. The third-order valence-corrected chi connectivity index (χ3v) is 3.28. The van der Waals surface area contributed by atoms with Crippen molar-refractivity contribution >= 4 is 17.7 Å². The van der Waals surface area contributed by atoms with E-state index < -0.39 is 6.04 Å². The van der Waals surface area contributed by atoms with Gasteiger partial charge in [0.1, 0.15) is 12.6 Å². The van der Waals surface area contributed by atoms with Gasteiger partial charge in [0.05, 0.1) is 19.8 Å². The van der Waals surface area contributed by atoms with E-state index in [1.54, 1.807) is 6.92 Å². The average Bonchev–Trinajstić information content (AvgIpc) is 2.64. The molecule has 0 saturated heterocycles. The van der Waals surface area contributed by atoms with Crippen LogP contribution in [0.4, 0.5) is 0 Å². The lowest BCUT2D eigenvalue weighted by Crippen LogP contribution is -2.47. The molecule has 3 N–H and O–H groups in total. The van der Waals surface area contributed by atoms with Gasteiger partial charge in [-0.3, -0.25) is 14.4 Å². The summed E-state index contributed by atoms with van der Waals surface area (Å²) < 4.78 is 10.2. The topological polar surface area (TPSA) is 135 Å². The highest BCUT2D eigenvalue weighted by Gasteiger charge is 2.20. The first-order valence-electron chi connectivity index (χ1n) is 8.83. The first-order valence-corrected chi connectivity index (χ1v) is 8.83. The zero-order chi connectivity index (χ0) is 19.6. The van der Waals surface area contributed by atoms with Crippen LogP contribution in [0.25, 0.3) is 0 Å². The fourth-order valence-corrected chi connectivity index (χ4v) is 1.91. The fraction of sp³-hybridized carbons (Fsp3) is 0.812. The summed E-state index contributed by atoms with van der Waals surface area (Å²) in [5, 5.41) is 10.6. The molecular weight excluding hydrogens is 344 g/mol. The maximum atomic E-state index is 12.2. The highest BCUT2D eigenvalue weighted by atomic mass is 16.5. The SMILES string of the molecule is CCOCCNC(=O)[C@H](CCC(=O)NCCOCCN=O)NC(=O)CC. The van der Waals surface area contributed by atoms with E-state index in [0.717, 1.165) is 0 Å². The van der Waals surface area contributed by atoms with Crippen molar-refractivity contribution in [3.63, 3.8) is 0 Å². The predicted molar refractivity (Wildman–Crippen MR) is 95.4 cm³/mol. The molecular formula is C16H30N4O6. The number of hydrogen-bond donors (Lipinski definition) is 3. The lowest BCUT2D eigenvalue weighted by molar-refractivity contribution is -0.129. The summed E-state index contributed by atoms with van der Waals surface area (Å²) in [6.07, 6.45) is 0.527. The van der Waals surface area contributed by atoms with Gasteiger partial charge in [-0.25, -0.2) is 0 Å². The molecule has 0 aliphatic heterocycles. The molecule has 0 rings (SSSR count). The summed E-state index contributed by atoms with van der Waals surface area (Å²) in [6.45, 7) is 5.68. The first kappa shape index (κ1) is 23.9. The second kappa shape index (κ2) is 16.4. The third-order valence-electron chi connectivity index (χ3n) is 3.28. The largest absolute Gasteiger partial charge is 0.380 e. The summed E-state index contributed by atoms with van der Waals surface area (Å²) in [5.41, 5.74) is 0. The predicted octanol–water partition coefficient (Wildman–Crippen LogP) is -0.287. The van der Waals surface area contributed by atoms with Gasteiger partial charge < -0.3 is 25.4 Å². The number of rotatable bonds is 16. The molecule has 10 nitrogen and oxygen atoms in total. The van der Waals surface area contributed by atoms with E-state index in [-0.39, 0.29) is 56.7 Å². The molecule has 10 heteroatoms. The molecule has 0 heterocycles. The van der Waals surface area contributed by atoms with E-state index in [1.165, 1.54) is 0 Å². The fourth-order valence-electron chi connectivity index (χ4n) is 1.91. The molecule has 0 aliphatic carbocycles. The standard InChI is InChI=1S/C16H30N4O6/c1-3-14(21)20-13(16(23)18-8-10-25-4-2)5-6-15(22)17-7-11-26-12-9-19-24/h13H,3-12H2,1-2H3,(H,17,22)(H,18,23)(H,20,21)/t13-/m0/s1. The monoisotopic (exact) mass is 374 g/mol. The van der Waals surface area contributed by atoms with Crippen LogP contribution in [0.5, 0.6) is 0 Å². The highest BCUT2D eigenvalue weighted by molar-refractivity contribution is 5.88. The molecule has 0 radical (unpaired) electrons. The van der Waals surface area contributed by atoms with Crippen molar-refractivity contribution in [1.82, 2.24) is 16.0 Å². The molecule has 0 aromatic heterocycles. The Bertz CT molecular complexity index is 433. The number of nitrogens with zero attached hydrogens (tertiary/aromatic N) is 1. The quantitative estimate of drug-likeness (QED) is 0.251. The highest BCUT2D eigenvalue weighted by Crippen LogP contribution is 1.99. The van der Waals surface area contributed by atoms with E-state index in [9.17, 15) is 19.3 Å². The van der Waals surface area contributed by atoms with E-state index in [1.807, 2.05) is 6.92 Å². The van der Waals surface area contributed by atoms with Crippen LogP contribution in [0.3, 0.4) is 0 Å². The van der Waals surface area contributed by atoms with Crippen molar-refractivity contribution < 1.29 is 23.9 Å². The number of carbonyl (C=O) groups excluding carboxylic acids is 3. The Balaban J connectivity index is 4.19. The van der Waals surface area contributed by atoms with Crippen LogP contribution in [0.2, 0.25) is 0 Å². The van der Waals surface area contributed by atoms with Crippen LogP contribution < -0.4 is 16.0 Å². The van der Waals surface area contributed by atoms with Gasteiger partial charge in [0.15, 0.2) is 0 Å². The lowest BCUT2D eigenvalue weighted by Gasteiger charge is -2.18. The van der Waals surface area contributed by atoms with Crippen molar-refractivity contribution in [1.29, 1.82) is 0 Å². The molecule has 0 aromatic rings. The minimum Gasteiger partial charge on any atom is -0.380 e. The van der Waals surface area contributed by atoms with Crippen molar-refractivity contribution in [2.45, 2.75) is 39.2 Å². The third kappa shape index (κ3) is 13.2. The van der Waals surface area contributed by atoms with E-state index in [2.05, 4.69) is 21.1 Å². The van der Waals surface area contributed by atoms with Crippen molar-refractivity contribution in [2.24, 2.45) is 5.18 Å². The van der Waals surface area contributed by atoms with Gasteiger partial charge in [0.25, 0.3) is 0 Å². The summed E-state index contributed by atoms with van der Waals surface area (Å²) in [4.78, 5) is 45.4. The Hall–Kier alpha value is -2.07. The van der Waals surface area contributed by atoms with Gasteiger partial charge in [0.2, 0.25) is 17.7 Å². The molecule has 0 fully saturated rings. The van der Waals surface area contributed by atoms with Gasteiger partial charge in [-0.15, -0.1) is 0 Å². The van der Waals surface area contributed by atoms with Crippen LogP contribution in [0.1, 0.15) is 33.1 Å². The van der Waals surface area contributed by atoms with Crippen LogP contribution in [-0.4, -0.2) is 69.8 Å². The Labute approximate surface area is 153 Å². The zero-order valence-electron chi connectivity index (χ0n) is 15.5. The summed E-state index contributed by atoms with van der Waals surface area (Å²) >= 11 is 0. The van der Waals surface area contributed by atoms with Gasteiger partial charge in [-0.05, 0) is 13.3 Å². The molecule has 26 heavy (non-hydrogen) atoms. The number of ether oxygens (including phenoxy) is 2. The van der Waals surface area contributed by atoms with Crippen molar-refractivity contribution in [3.05, 3.63) is 4.91 Å². The second-order valence-electron chi connectivity index (χ2n) is 5.32. The molecule has 0 aromatic carbocycles. The minimum atomic E-state index is -0.773. The van der Waals surface area contributed by atoms with Crippen LogP contribution in [-0.2, 0) is 23.9 Å². The normalized spacial score (nSPS) is 11.5. The Morgan fingerprint density at radius 3 is 2.31 bits per heavy atom. The van der Waals surface area contributed by atoms with Crippen molar-refractivity contribution in [3.8, 4) is 0 Å². The zero-order valence-corrected chi connectivity index (χ0v) is 15.5. The molecule has 1 atom stereocenters. The minimum absolute atomic E-state index is 0.0746. The van der Waals surface area contributed by atoms with Crippen LogP contribution in [0.15, 0.2) is 5.18 Å². The summed E-state index contributed by atoms with van der Waals surface area (Å²) in [7, 11) is 0. The average molecular weight is 374 g/mol. The maximum Gasteiger partial charge on any atom is 0.242 e. The maximum absolute atomic E-state index is 12.2. The number of nitrogens with one attached hydrogen (secondary N) is 3. The number of hydrogen-bond acceptors (Lipinski definition) is 7. The summed E-state index contributed by atoms with van der Waals surface area (Å²) in [6, 6.07) is -0.773. The molecule has 0 unspecified atom stereocenters. The Kier molecular flexibility index (Phi) is 15.1. The lowest BCUT2D eigenvalue weighted by atomic mass is 10.1. The Morgan fingerprint density at radius 1 is 0.962 bits per heavy atom. The van der Waals surface area contributed by atoms with Gasteiger partial charge in [-0.1, -0.05) is 12.1 Å². The summed E-state index contributed by atoms with van der Waals surface area (Å²) in [5.74, 6) is -0.850. The smallest absolute Gasteiger partial charge is 0.242 e. The molecule has 3 amide bonds. The molecule has 0 aliphatic rings. The van der Waals surface area contributed by atoms with Gasteiger partial charge in [0, 0.05) is 32.5 Å². The van der Waals surface area contributed by atoms with E-state index in [4.69, 9.17) is 9.47 Å². The van der Waals surface area contributed by atoms with Crippen LogP contribution in [0, 0.1) is 4.91 Å². The molecule has 150 valence electrons. The van der Waals surface area contributed by atoms with E-state index in [0.29, 0.717) is 26.3 Å². The molecule has 0 saturated carbocycles. The second-order valence-corrected chi connectivity index (χ2v) is 5.32. The van der Waals surface area contributed by atoms with E-state index >= 15 is 0 Å². The first-order chi connectivity index (χ1) is 12.5. The Morgan fingerprint density at radius 2 is 1.65 bits per heavy atom. The van der Waals surface area contributed by atoms with Gasteiger partial charge in [-0.2, -0.15) is 4.91 Å². The number of nitroso groups, excluding NO2 is 1. The van der Waals surface area contributed by atoms with Gasteiger partial charge >= 0.3 is 0 Å². The molecule has 0 bridgehead atoms. The van der Waals surface area contributed by atoms with Crippen molar-refractivity contribution in [2.75, 3.05) is 46.1 Å². The number of amides is 3.